The highest BCUT2D eigenvalue weighted by Gasteiger charge is 2.19. The van der Waals surface area contributed by atoms with E-state index in [2.05, 4.69) is 53.0 Å². The molecule has 2 aromatic heterocycles. The summed E-state index contributed by atoms with van der Waals surface area (Å²) in [5.41, 5.74) is 4.62. The van der Waals surface area contributed by atoms with Crippen molar-refractivity contribution in [2.45, 2.75) is 0 Å². The summed E-state index contributed by atoms with van der Waals surface area (Å²) in [6.07, 6.45) is 0. The fraction of sp³-hybridized carbons (Fsp3) is 0.118. The zero-order valence-corrected chi connectivity index (χ0v) is 12.7. The Morgan fingerprint density at radius 3 is 2.62 bits per heavy atom. The van der Waals surface area contributed by atoms with E-state index in [0.29, 0.717) is 0 Å². The van der Waals surface area contributed by atoms with E-state index in [0.717, 1.165) is 22.2 Å². The molecular weight excluding hydrogens is 284 g/mol. The Morgan fingerprint density at radius 2 is 1.81 bits per heavy atom. The molecule has 3 nitrogen and oxygen atoms in total. The van der Waals surface area contributed by atoms with Gasteiger partial charge in [-0.2, -0.15) is 4.57 Å². The van der Waals surface area contributed by atoms with Gasteiger partial charge in [-0.1, -0.05) is 18.2 Å². The average molecular weight is 300 g/mol. The Kier molecular flexibility index (Phi) is 3.22. The fourth-order valence-corrected chi connectivity index (χ4v) is 3.03. The number of aryl methyl sites for hydroxylation is 1. The number of nitrogens with zero attached hydrogens (tertiary/aromatic N) is 1. The summed E-state index contributed by atoms with van der Waals surface area (Å²) < 4.78 is 7.76. The summed E-state index contributed by atoms with van der Waals surface area (Å²) in [6.45, 7) is 0. The van der Waals surface area contributed by atoms with Crippen LogP contribution in [0, 0.1) is 0 Å². The average Bonchev–Trinajstić information content (AvgIpc) is 2.85. The van der Waals surface area contributed by atoms with Crippen molar-refractivity contribution in [3.05, 3.63) is 48.5 Å². The van der Waals surface area contributed by atoms with Crippen molar-refractivity contribution in [1.29, 1.82) is 0 Å². The van der Waals surface area contributed by atoms with Crippen molar-refractivity contribution < 1.29 is 9.30 Å². The minimum Gasteiger partial charge on any atom is -0.496 e. The van der Waals surface area contributed by atoms with Crippen molar-refractivity contribution in [1.82, 2.24) is 4.98 Å². The monoisotopic (exact) mass is 299 g/mol. The molecule has 2 aromatic carbocycles. The predicted octanol–water partition coefficient (Wildman–Crippen LogP) is 3.73. The molecule has 0 saturated heterocycles. The van der Waals surface area contributed by atoms with Crippen molar-refractivity contribution in [3.8, 4) is 5.75 Å². The molecule has 106 valence electrons. The van der Waals surface area contributed by atoms with Crippen LogP contribution in [0.1, 0.15) is 0 Å². The number of aromatic nitrogens is 2. The van der Waals surface area contributed by atoms with Gasteiger partial charge in [-0.3, -0.25) is 0 Å². The predicted molar refractivity (Wildman–Crippen MR) is 88.3 cm³/mol. The Morgan fingerprint density at radius 1 is 1.00 bits per heavy atom. The molecule has 4 heteroatoms. The maximum atomic E-state index is 5.53. The first-order chi connectivity index (χ1) is 9.79. The lowest BCUT2D eigenvalue weighted by Gasteiger charge is -2.01. The Bertz CT molecular complexity index is 959. The van der Waals surface area contributed by atoms with Crippen molar-refractivity contribution in [3.63, 3.8) is 0 Å². The number of fused-ring (bicyclic) bond motifs is 4. The topological polar surface area (TPSA) is 28.9 Å². The van der Waals surface area contributed by atoms with E-state index < -0.39 is 0 Å². The largest absolute Gasteiger partial charge is 0.496 e. The maximum Gasteiger partial charge on any atom is 0.242 e. The number of aromatic amines is 1. The van der Waals surface area contributed by atoms with E-state index in [1.54, 1.807) is 7.11 Å². The summed E-state index contributed by atoms with van der Waals surface area (Å²) in [4.78, 5) is 3.48. The Hall–Kier alpha value is -2.26. The van der Waals surface area contributed by atoms with Gasteiger partial charge < -0.3 is 9.72 Å². The summed E-state index contributed by atoms with van der Waals surface area (Å²) in [7, 11) is 3.82. The van der Waals surface area contributed by atoms with E-state index in [-0.39, 0.29) is 12.4 Å². The van der Waals surface area contributed by atoms with Gasteiger partial charge in [0.25, 0.3) is 0 Å². The highest BCUT2D eigenvalue weighted by atomic mass is 35.5. The molecule has 1 N–H and O–H groups in total. The first-order valence-corrected chi connectivity index (χ1v) is 6.66. The van der Waals surface area contributed by atoms with Crippen LogP contribution in [0.2, 0.25) is 0 Å². The third-order valence-corrected chi connectivity index (χ3v) is 3.94. The van der Waals surface area contributed by atoms with Crippen LogP contribution >= 0.6 is 12.4 Å². The number of rotatable bonds is 1. The summed E-state index contributed by atoms with van der Waals surface area (Å²) in [6, 6.07) is 16.7. The summed E-state index contributed by atoms with van der Waals surface area (Å²) in [5.74, 6) is 0.902. The molecule has 2 heterocycles. The maximum absolute atomic E-state index is 5.53. The van der Waals surface area contributed by atoms with E-state index in [4.69, 9.17) is 4.74 Å². The van der Waals surface area contributed by atoms with Gasteiger partial charge in [0, 0.05) is 11.5 Å². The quantitative estimate of drug-likeness (QED) is 0.533. The number of pyridine rings is 1. The Balaban J connectivity index is 0.00000132. The Labute approximate surface area is 128 Å². The molecule has 4 aromatic rings. The molecular formula is C17H16ClN2O+. The molecule has 0 fully saturated rings. The molecule has 0 unspecified atom stereocenters. The first kappa shape index (κ1) is 13.7. The van der Waals surface area contributed by atoms with Gasteiger partial charge in [0.1, 0.15) is 23.7 Å². The SMILES string of the molecule is COc1cccc2[nH]c3cc4ccccc4[n+](C)c3c12.Cl. The number of nitrogens with one attached hydrogen (secondary N) is 1. The lowest BCUT2D eigenvalue weighted by Crippen LogP contribution is -2.29. The zero-order valence-electron chi connectivity index (χ0n) is 11.9. The molecule has 0 atom stereocenters. The number of benzene rings is 2. The number of ether oxygens (including phenoxy) is 1. The van der Waals surface area contributed by atoms with E-state index in [9.17, 15) is 0 Å². The van der Waals surface area contributed by atoms with Gasteiger partial charge in [0.2, 0.25) is 11.0 Å². The van der Waals surface area contributed by atoms with E-state index >= 15 is 0 Å². The van der Waals surface area contributed by atoms with Gasteiger partial charge in [0.15, 0.2) is 0 Å². The van der Waals surface area contributed by atoms with E-state index in [1.165, 1.54) is 16.4 Å². The highest BCUT2D eigenvalue weighted by Crippen LogP contribution is 2.32. The number of H-pyrrole nitrogens is 1. The van der Waals surface area contributed by atoms with Crippen LogP contribution < -0.4 is 9.30 Å². The molecule has 21 heavy (non-hydrogen) atoms. The second-order valence-electron chi connectivity index (χ2n) is 5.03. The molecule has 0 aliphatic heterocycles. The van der Waals surface area contributed by atoms with Crippen LogP contribution in [-0.2, 0) is 7.05 Å². The normalized spacial score (nSPS) is 11.0. The second kappa shape index (κ2) is 4.93. The van der Waals surface area contributed by atoms with Crippen LogP contribution in [0.25, 0.3) is 32.8 Å². The molecule has 4 rings (SSSR count). The van der Waals surface area contributed by atoms with Gasteiger partial charge in [-0.05, 0) is 24.3 Å². The summed E-state index contributed by atoms with van der Waals surface area (Å²) >= 11 is 0. The molecule has 0 radical (unpaired) electrons. The number of hydrogen-bond donors (Lipinski definition) is 1. The fourth-order valence-electron chi connectivity index (χ4n) is 3.03. The van der Waals surface area contributed by atoms with Gasteiger partial charge >= 0.3 is 0 Å². The smallest absolute Gasteiger partial charge is 0.242 e. The lowest BCUT2D eigenvalue weighted by atomic mass is 10.1. The van der Waals surface area contributed by atoms with Crippen molar-refractivity contribution in [2.24, 2.45) is 7.05 Å². The number of hydrogen-bond acceptors (Lipinski definition) is 1. The highest BCUT2D eigenvalue weighted by molar-refractivity contribution is 6.08. The van der Waals surface area contributed by atoms with E-state index in [1.807, 2.05) is 12.1 Å². The lowest BCUT2D eigenvalue weighted by molar-refractivity contribution is -0.616. The number of halogens is 1. The van der Waals surface area contributed by atoms with Crippen LogP contribution in [0.5, 0.6) is 5.75 Å². The van der Waals surface area contributed by atoms with Gasteiger partial charge in [0.05, 0.1) is 12.6 Å². The molecule has 0 saturated carbocycles. The molecule has 0 aliphatic carbocycles. The first-order valence-electron chi connectivity index (χ1n) is 6.66. The second-order valence-corrected chi connectivity index (χ2v) is 5.03. The van der Waals surface area contributed by atoms with Crippen LogP contribution in [-0.4, -0.2) is 12.1 Å². The van der Waals surface area contributed by atoms with Crippen LogP contribution in [0.15, 0.2) is 48.5 Å². The molecule has 0 aliphatic rings. The van der Waals surface area contributed by atoms with Crippen molar-refractivity contribution in [2.75, 3.05) is 7.11 Å². The number of methoxy groups -OCH3 is 1. The van der Waals surface area contributed by atoms with Gasteiger partial charge in [-0.25, -0.2) is 0 Å². The molecule has 0 spiro atoms. The molecule has 0 amide bonds. The third-order valence-electron chi connectivity index (χ3n) is 3.94. The zero-order chi connectivity index (χ0) is 13.7. The van der Waals surface area contributed by atoms with Gasteiger partial charge in [-0.15, -0.1) is 12.4 Å². The van der Waals surface area contributed by atoms with Crippen LogP contribution in [0.4, 0.5) is 0 Å². The standard InChI is InChI=1S/C17H14N2O.ClH/c1-19-14-8-4-3-6-11(14)10-13-17(19)16-12(18-13)7-5-9-15(16)20-2;/h3-10H,1-2H3;1H/p+1. The third kappa shape index (κ3) is 1.85. The minimum absolute atomic E-state index is 0. The number of para-hydroxylation sites is 1. The minimum atomic E-state index is 0. The molecule has 0 bridgehead atoms. The van der Waals surface area contributed by atoms with Crippen LogP contribution in [0.3, 0.4) is 0 Å². The van der Waals surface area contributed by atoms with Crippen molar-refractivity contribution >= 4 is 45.2 Å². The summed E-state index contributed by atoms with van der Waals surface area (Å²) in [5, 5.41) is 2.37.